The van der Waals surface area contributed by atoms with Crippen molar-refractivity contribution < 1.29 is 10.0 Å². The van der Waals surface area contributed by atoms with E-state index in [1.165, 1.54) is 12.5 Å². The Morgan fingerprint density at radius 1 is 1.37 bits per heavy atom. The molecule has 0 bridgehead atoms. The molecule has 1 aromatic rings. The Morgan fingerprint density at radius 2 is 2.00 bits per heavy atom. The SMILES string of the molecule is N[C@@H](c1cc(Br)cc([N+](=O)[O-])c1O)C1CCCCC1. The first-order valence-electron chi connectivity index (χ1n) is 6.43. The Balaban J connectivity index is 2.35. The smallest absolute Gasteiger partial charge is 0.312 e. The number of phenols is 1. The van der Waals surface area contributed by atoms with Gasteiger partial charge in [0.05, 0.1) is 4.92 Å². The van der Waals surface area contributed by atoms with E-state index < -0.39 is 4.92 Å². The van der Waals surface area contributed by atoms with Crippen molar-refractivity contribution in [1.82, 2.24) is 0 Å². The number of phenolic OH excluding ortho intramolecular Hbond substituents is 1. The van der Waals surface area contributed by atoms with Gasteiger partial charge >= 0.3 is 5.69 Å². The summed E-state index contributed by atoms with van der Waals surface area (Å²) in [5, 5.41) is 21.0. The van der Waals surface area contributed by atoms with Crippen LogP contribution in [0.2, 0.25) is 0 Å². The molecule has 0 saturated heterocycles. The van der Waals surface area contributed by atoms with E-state index in [1.54, 1.807) is 6.07 Å². The summed E-state index contributed by atoms with van der Waals surface area (Å²) in [6, 6.07) is 2.63. The molecule has 0 aliphatic heterocycles. The maximum Gasteiger partial charge on any atom is 0.312 e. The van der Waals surface area contributed by atoms with Crippen molar-refractivity contribution >= 4 is 21.6 Å². The molecular formula is C13H17BrN2O3. The number of aromatic hydroxyl groups is 1. The highest BCUT2D eigenvalue weighted by Gasteiger charge is 2.28. The van der Waals surface area contributed by atoms with E-state index >= 15 is 0 Å². The summed E-state index contributed by atoms with van der Waals surface area (Å²) in [6.07, 6.45) is 5.51. The predicted molar refractivity (Wildman–Crippen MR) is 76.0 cm³/mol. The summed E-state index contributed by atoms with van der Waals surface area (Å²) in [4.78, 5) is 10.3. The van der Waals surface area contributed by atoms with Crippen molar-refractivity contribution in [3.05, 3.63) is 32.3 Å². The molecule has 0 heterocycles. The number of benzene rings is 1. The number of hydrogen-bond acceptors (Lipinski definition) is 4. The van der Waals surface area contributed by atoms with Crippen molar-refractivity contribution in [1.29, 1.82) is 0 Å². The normalized spacial score (nSPS) is 18.2. The van der Waals surface area contributed by atoms with Gasteiger partial charge in [-0.05, 0) is 24.8 Å². The zero-order valence-corrected chi connectivity index (χ0v) is 12.1. The van der Waals surface area contributed by atoms with E-state index in [-0.39, 0.29) is 23.4 Å². The maximum atomic E-state index is 10.9. The second-order valence-corrected chi connectivity index (χ2v) is 5.96. The van der Waals surface area contributed by atoms with E-state index in [2.05, 4.69) is 15.9 Å². The van der Waals surface area contributed by atoms with Crippen molar-refractivity contribution in [2.45, 2.75) is 38.1 Å². The van der Waals surface area contributed by atoms with Gasteiger partial charge in [0.15, 0.2) is 5.75 Å². The molecule has 5 nitrogen and oxygen atoms in total. The highest BCUT2D eigenvalue weighted by molar-refractivity contribution is 9.10. The molecule has 1 fully saturated rings. The lowest BCUT2D eigenvalue weighted by Crippen LogP contribution is -2.23. The highest BCUT2D eigenvalue weighted by atomic mass is 79.9. The van der Waals surface area contributed by atoms with Crippen LogP contribution in [0.15, 0.2) is 16.6 Å². The number of nitrogens with zero attached hydrogens (tertiary/aromatic N) is 1. The Kier molecular flexibility index (Phi) is 4.42. The predicted octanol–water partition coefficient (Wildman–Crippen LogP) is 3.64. The number of rotatable bonds is 3. The van der Waals surface area contributed by atoms with E-state index in [0.717, 1.165) is 25.7 Å². The summed E-state index contributed by atoms with van der Waals surface area (Å²) in [6.45, 7) is 0. The third-order valence-corrected chi connectivity index (χ3v) is 4.26. The fourth-order valence-corrected chi connectivity index (χ4v) is 3.21. The molecule has 1 aliphatic rings. The molecular weight excluding hydrogens is 312 g/mol. The number of nitro groups is 1. The van der Waals surface area contributed by atoms with Crippen LogP contribution in [-0.2, 0) is 0 Å². The molecule has 0 amide bonds. The summed E-state index contributed by atoms with van der Waals surface area (Å²) >= 11 is 3.24. The summed E-state index contributed by atoms with van der Waals surface area (Å²) < 4.78 is 0.568. The first-order valence-corrected chi connectivity index (χ1v) is 7.22. The Bertz CT molecular complexity index is 487. The summed E-state index contributed by atoms with van der Waals surface area (Å²) in [5.41, 5.74) is 6.38. The highest BCUT2D eigenvalue weighted by Crippen LogP contribution is 2.41. The van der Waals surface area contributed by atoms with Crippen LogP contribution < -0.4 is 5.73 Å². The molecule has 1 saturated carbocycles. The molecule has 0 aromatic heterocycles. The van der Waals surface area contributed by atoms with Crippen molar-refractivity contribution in [2.75, 3.05) is 0 Å². The fraction of sp³-hybridized carbons (Fsp3) is 0.538. The zero-order valence-electron chi connectivity index (χ0n) is 10.5. The molecule has 6 heteroatoms. The molecule has 1 atom stereocenters. The van der Waals surface area contributed by atoms with Crippen LogP contribution >= 0.6 is 15.9 Å². The fourth-order valence-electron chi connectivity index (χ4n) is 2.75. The average Bonchev–Trinajstić information content (AvgIpc) is 2.41. The number of nitro benzene ring substituents is 1. The average molecular weight is 329 g/mol. The zero-order chi connectivity index (χ0) is 14.0. The molecule has 2 rings (SSSR count). The molecule has 0 unspecified atom stereocenters. The minimum absolute atomic E-state index is 0.286. The quantitative estimate of drug-likeness (QED) is 0.654. The van der Waals surface area contributed by atoms with Crippen molar-refractivity contribution in [3.8, 4) is 5.75 Å². The second kappa shape index (κ2) is 5.88. The van der Waals surface area contributed by atoms with Gasteiger partial charge in [0.1, 0.15) is 0 Å². The number of halogens is 1. The minimum Gasteiger partial charge on any atom is -0.502 e. The largest absolute Gasteiger partial charge is 0.502 e. The lowest BCUT2D eigenvalue weighted by Gasteiger charge is -2.28. The van der Waals surface area contributed by atoms with E-state index in [0.29, 0.717) is 10.0 Å². The van der Waals surface area contributed by atoms with Gasteiger partial charge in [-0.15, -0.1) is 0 Å². The summed E-state index contributed by atoms with van der Waals surface area (Å²) in [7, 11) is 0. The second-order valence-electron chi connectivity index (χ2n) is 5.04. The van der Waals surface area contributed by atoms with Crippen LogP contribution in [0.4, 0.5) is 5.69 Å². The molecule has 19 heavy (non-hydrogen) atoms. The molecule has 1 aromatic carbocycles. The van der Waals surface area contributed by atoms with Gasteiger partial charge in [-0.1, -0.05) is 35.2 Å². The van der Waals surface area contributed by atoms with Crippen LogP contribution in [0.1, 0.15) is 43.7 Å². The van der Waals surface area contributed by atoms with Crippen LogP contribution in [-0.4, -0.2) is 10.0 Å². The Hall–Kier alpha value is -1.14. The first kappa shape index (κ1) is 14.3. The molecule has 104 valence electrons. The van der Waals surface area contributed by atoms with Crippen LogP contribution in [0.3, 0.4) is 0 Å². The van der Waals surface area contributed by atoms with Gasteiger partial charge in [0.2, 0.25) is 0 Å². The Morgan fingerprint density at radius 3 is 2.58 bits per heavy atom. The van der Waals surface area contributed by atoms with E-state index in [9.17, 15) is 15.2 Å². The van der Waals surface area contributed by atoms with Crippen molar-refractivity contribution in [2.24, 2.45) is 11.7 Å². The number of hydrogen-bond donors (Lipinski definition) is 2. The van der Waals surface area contributed by atoms with Gasteiger partial charge < -0.3 is 10.8 Å². The lowest BCUT2D eigenvalue weighted by atomic mass is 9.81. The van der Waals surface area contributed by atoms with Crippen LogP contribution in [0.5, 0.6) is 5.75 Å². The monoisotopic (exact) mass is 328 g/mol. The topological polar surface area (TPSA) is 89.4 Å². The third kappa shape index (κ3) is 3.06. The minimum atomic E-state index is -0.586. The van der Waals surface area contributed by atoms with Gasteiger partial charge in [-0.2, -0.15) is 0 Å². The molecule has 0 radical (unpaired) electrons. The Labute approximate surface area is 120 Å². The van der Waals surface area contributed by atoms with Crippen LogP contribution in [0.25, 0.3) is 0 Å². The van der Waals surface area contributed by atoms with E-state index in [4.69, 9.17) is 5.73 Å². The maximum absolute atomic E-state index is 10.9. The van der Waals surface area contributed by atoms with Gasteiger partial charge in [0.25, 0.3) is 0 Å². The van der Waals surface area contributed by atoms with Crippen LogP contribution in [0, 0.1) is 16.0 Å². The van der Waals surface area contributed by atoms with Gasteiger partial charge in [-0.3, -0.25) is 10.1 Å². The lowest BCUT2D eigenvalue weighted by molar-refractivity contribution is -0.386. The summed E-state index contributed by atoms with van der Waals surface area (Å²) in [5.74, 6) is -0.0140. The van der Waals surface area contributed by atoms with E-state index in [1.807, 2.05) is 0 Å². The molecule has 0 spiro atoms. The number of nitrogens with two attached hydrogens (primary N) is 1. The molecule has 3 N–H and O–H groups in total. The standard InChI is InChI=1S/C13H17BrN2O3/c14-9-6-10(13(17)11(7-9)16(18)19)12(15)8-4-2-1-3-5-8/h6-8,12,17H,1-5,15H2/t12-/m1/s1. The van der Waals surface area contributed by atoms with Gasteiger partial charge in [-0.25, -0.2) is 0 Å². The third-order valence-electron chi connectivity index (χ3n) is 3.80. The van der Waals surface area contributed by atoms with Gasteiger partial charge in [0, 0.05) is 22.1 Å². The molecule has 1 aliphatic carbocycles. The van der Waals surface area contributed by atoms with Crippen molar-refractivity contribution in [3.63, 3.8) is 0 Å². The first-order chi connectivity index (χ1) is 9.00.